The average molecular weight is 285 g/mol. The molecule has 2 fully saturated rings. The van der Waals surface area contributed by atoms with Crippen LogP contribution in [0.3, 0.4) is 0 Å². The topological polar surface area (TPSA) is 71.1 Å². The van der Waals surface area contributed by atoms with Crippen molar-refractivity contribution in [2.45, 2.75) is 45.3 Å². The van der Waals surface area contributed by atoms with Crippen molar-refractivity contribution in [2.24, 2.45) is 0 Å². The lowest BCUT2D eigenvalue weighted by Crippen LogP contribution is -2.60. The molecule has 0 aromatic heterocycles. The fraction of sp³-hybridized carbons (Fsp3) is 0.846. The third-order valence-corrected chi connectivity index (χ3v) is 3.14. The van der Waals surface area contributed by atoms with Crippen LogP contribution in [0.15, 0.2) is 0 Å². The second-order valence-electron chi connectivity index (χ2n) is 6.24. The average Bonchev–Trinajstić information content (AvgIpc) is 2.76. The first-order valence-electron chi connectivity index (χ1n) is 7.05. The van der Waals surface area contributed by atoms with Crippen molar-refractivity contribution in [1.29, 1.82) is 0 Å². The predicted octanol–water partition coefficient (Wildman–Crippen LogP) is 1.34. The summed E-state index contributed by atoms with van der Waals surface area (Å²) in [5, 5.41) is 4.30. The largest absolute Gasteiger partial charge is 0.444 e. The number of carbonyl (C=O) groups is 2. The molecule has 2 aliphatic rings. The van der Waals surface area contributed by atoms with Crippen LogP contribution in [0.4, 0.5) is 9.59 Å². The summed E-state index contributed by atoms with van der Waals surface area (Å²) < 4.78 is 5.16. The number of alkyl carbamates (subject to hydrolysis) is 1. The van der Waals surface area contributed by atoms with E-state index in [2.05, 4.69) is 5.32 Å². The SMILES string of the molecule is CC(C)(C)OC(=O)NC1CN(OC(=O)N2CCCC2)C1. The molecule has 0 spiro atoms. The summed E-state index contributed by atoms with van der Waals surface area (Å²) >= 11 is 0. The second-order valence-corrected chi connectivity index (χ2v) is 6.24. The molecule has 2 rings (SSSR count). The highest BCUT2D eigenvalue weighted by molar-refractivity contribution is 5.69. The lowest BCUT2D eigenvalue weighted by Gasteiger charge is -2.38. The standard InChI is InChI=1S/C13H23N3O4/c1-13(2,3)19-11(17)14-10-8-16(9-10)20-12(18)15-6-4-5-7-15/h10H,4-9H2,1-3H3,(H,14,17). The molecule has 0 aliphatic carbocycles. The van der Waals surface area contributed by atoms with E-state index < -0.39 is 11.7 Å². The van der Waals surface area contributed by atoms with E-state index in [1.54, 1.807) is 9.96 Å². The number of hydrogen-bond donors (Lipinski definition) is 1. The van der Waals surface area contributed by atoms with Crippen molar-refractivity contribution in [3.63, 3.8) is 0 Å². The molecule has 0 saturated carbocycles. The number of hydroxylamine groups is 2. The maximum atomic E-state index is 11.7. The molecule has 1 N–H and O–H groups in total. The number of likely N-dealkylation sites (tertiary alicyclic amines) is 1. The number of ether oxygens (including phenoxy) is 1. The predicted molar refractivity (Wildman–Crippen MR) is 72.0 cm³/mol. The van der Waals surface area contributed by atoms with Gasteiger partial charge in [0.1, 0.15) is 5.60 Å². The van der Waals surface area contributed by atoms with Crippen LogP contribution in [0.5, 0.6) is 0 Å². The fourth-order valence-corrected chi connectivity index (χ4v) is 2.15. The Morgan fingerprint density at radius 1 is 1.15 bits per heavy atom. The summed E-state index contributed by atoms with van der Waals surface area (Å²) in [6, 6.07) is -0.0313. The van der Waals surface area contributed by atoms with E-state index in [0.29, 0.717) is 13.1 Å². The first-order valence-corrected chi connectivity index (χ1v) is 7.05. The third kappa shape index (κ3) is 4.26. The van der Waals surface area contributed by atoms with Crippen LogP contribution < -0.4 is 5.32 Å². The van der Waals surface area contributed by atoms with Crippen LogP contribution in [0.2, 0.25) is 0 Å². The van der Waals surface area contributed by atoms with Crippen LogP contribution in [0.25, 0.3) is 0 Å². The van der Waals surface area contributed by atoms with Gasteiger partial charge in [-0.2, -0.15) is 0 Å². The highest BCUT2D eigenvalue weighted by Gasteiger charge is 2.33. The quantitative estimate of drug-likeness (QED) is 0.829. The molecule has 0 aromatic carbocycles. The Hall–Kier alpha value is -1.50. The zero-order chi connectivity index (χ0) is 14.8. The molecule has 2 amide bonds. The van der Waals surface area contributed by atoms with Gasteiger partial charge < -0.3 is 19.8 Å². The van der Waals surface area contributed by atoms with Gasteiger partial charge in [-0.25, -0.2) is 9.59 Å². The van der Waals surface area contributed by atoms with Gasteiger partial charge in [-0.05, 0) is 33.6 Å². The zero-order valence-electron chi connectivity index (χ0n) is 12.3. The molecule has 7 heteroatoms. The minimum absolute atomic E-state index is 0.0313. The Labute approximate surface area is 119 Å². The monoisotopic (exact) mass is 285 g/mol. The maximum Gasteiger partial charge on any atom is 0.428 e. The van der Waals surface area contributed by atoms with Gasteiger partial charge in [-0.15, -0.1) is 5.06 Å². The normalized spacial score (nSPS) is 20.4. The van der Waals surface area contributed by atoms with E-state index in [0.717, 1.165) is 25.9 Å². The van der Waals surface area contributed by atoms with E-state index in [-0.39, 0.29) is 12.1 Å². The van der Waals surface area contributed by atoms with Gasteiger partial charge in [0.05, 0.1) is 19.1 Å². The maximum absolute atomic E-state index is 11.7. The minimum atomic E-state index is -0.504. The van der Waals surface area contributed by atoms with E-state index in [1.165, 1.54) is 0 Å². The van der Waals surface area contributed by atoms with Crippen LogP contribution in [0.1, 0.15) is 33.6 Å². The molecule has 114 valence electrons. The first-order chi connectivity index (χ1) is 9.33. The zero-order valence-corrected chi connectivity index (χ0v) is 12.3. The summed E-state index contributed by atoms with van der Waals surface area (Å²) in [4.78, 5) is 30.2. The Morgan fingerprint density at radius 3 is 2.30 bits per heavy atom. The van der Waals surface area contributed by atoms with Crippen molar-refractivity contribution >= 4 is 12.2 Å². The second kappa shape index (κ2) is 5.87. The smallest absolute Gasteiger partial charge is 0.428 e. The van der Waals surface area contributed by atoms with E-state index in [9.17, 15) is 9.59 Å². The van der Waals surface area contributed by atoms with Gasteiger partial charge in [-0.3, -0.25) is 0 Å². The van der Waals surface area contributed by atoms with Crippen LogP contribution in [-0.2, 0) is 9.57 Å². The molecule has 0 unspecified atom stereocenters. The van der Waals surface area contributed by atoms with E-state index in [1.807, 2.05) is 20.8 Å². The van der Waals surface area contributed by atoms with Crippen molar-refractivity contribution in [3.8, 4) is 0 Å². The molecule has 2 aliphatic heterocycles. The number of carbonyl (C=O) groups excluding carboxylic acids is 2. The number of amides is 2. The van der Waals surface area contributed by atoms with Gasteiger partial charge in [0.25, 0.3) is 0 Å². The highest BCUT2D eigenvalue weighted by atomic mass is 16.7. The summed E-state index contributed by atoms with van der Waals surface area (Å²) in [5.74, 6) is 0. The molecule has 20 heavy (non-hydrogen) atoms. The number of nitrogens with zero attached hydrogens (tertiary/aromatic N) is 2. The fourth-order valence-electron chi connectivity index (χ4n) is 2.15. The number of rotatable bonds is 2. The van der Waals surface area contributed by atoms with Crippen LogP contribution >= 0.6 is 0 Å². The van der Waals surface area contributed by atoms with E-state index >= 15 is 0 Å². The summed E-state index contributed by atoms with van der Waals surface area (Å²) in [7, 11) is 0. The van der Waals surface area contributed by atoms with Crippen molar-refractivity contribution in [1.82, 2.24) is 15.3 Å². The molecule has 7 nitrogen and oxygen atoms in total. The summed E-state index contributed by atoms with van der Waals surface area (Å²) in [5.41, 5.74) is -0.504. The van der Waals surface area contributed by atoms with Crippen molar-refractivity contribution < 1.29 is 19.2 Å². The lowest BCUT2D eigenvalue weighted by atomic mass is 10.2. The van der Waals surface area contributed by atoms with Crippen LogP contribution in [-0.4, -0.2) is 60.0 Å². The van der Waals surface area contributed by atoms with Gasteiger partial charge in [0.15, 0.2) is 0 Å². The molecule has 2 heterocycles. The van der Waals surface area contributed by atoms with Crippen LogP contribution in [0, 0.1) is 0 Å². The number of hydrogen-bond acceptors (Lipinski definition) is 5. The molecule has 0 radical (unpaired) electrons. The minimum Gasteiger partial charge on any atom is -0.444 e. The van der Waals surface area contributed by atoms with Crippen molar-refractivity contribution in [3.05, 3.63) is 0 Å². The van der Waals surface area contributed by atoms with Gasteiger partial charge >= 0.3 is 12.2 Å². The summed E-state index contributed by atoms with van der Waals surface area (Å²) in [6.07, 6.45) is 1.35. The molecule has 2 saturated heterocycles. The highest BCUT2D eigenvalue weighted by Crippen LogP contribution is 2.14. The Morgan fingerprint density at radius 2 is 1.75 bits per heavy atom. The van der Waals surface area contributed by atoms with Gasteiger partial charge in [0.2, 0.25) is 0 Å². The Kier molecular flexibility index (Phi) is 4.37. The van der Waals surface area contributed by atoms with Gasteiger partial charge in [0, 0.05) is 13.1 Å². The van der Waals surface area contributed by atoms with E-state index in [4.69, 9.17) is 9.57 Å². The molecule has 0 aromatic rings. The first kappa shape index (κ1) is 14.9. The Balaban J connectivity index is 1.62. The molecular weight excluding hydrogens is 262 g/mol. The summed E-state index contributed by atoms with van der Waals surface area (Å²) in [6.45, 7) is 7.99. The third-order valence-electron chi connectivity index (χ3n) is 3.14. The number of nitrogens with one attached hydrogen (secondary N) is 1. The molecule has 0 bridgehead atoms. The lowest BCUT2D eigenvalue weighted by molar-refractivity contribution is -0.163. The molecule has 0 atom stereocenters. The van der Waals surface area contributed by atoms with Crippen molar-refractivity contribution in [2.75, 3.05) is 26.2 Å². The van der Waals surface area contributed by atoms with Gasteiger partial charge in [-0.1, -0.05) is 0 Å². The molecular formula is C13H23N3O4. The Bertz CT molecular complexity index is 368.